The molecule has 0 fully saturated rings. The van der Waals surface area contributed by atoms with Crippen LogP contribution in [0.3, 0.4) is 0 Å². The van der Waals surface area contributed by atoms with E-state index in [-0.39, 0.29) is 5.56 Å². The minimum absolute atomic E-state index is 0.0522. The van der Waals surface area contributed by atoms with Crippen molar-refractivity contribution in [3.8, 4) is 11.1 Å². The van der Waals surface area contributed by atoms with E-state index < -0.39 is 35.6 Å². The lowest BCUT2D eigenvalue weighted by molar-refractivity contribution is -0.206. The second kappa shape index (κ2) is 8.62. The van der Waals surface area contributed by atoms with Crippen LogP contribution in [0, 0.1) is 5.82 Å². The zero-order chi connectivity index (χ0) is 21.9. The van der Waals surface area contributed by atoms with Crippen molar-refractivity contribution in [2.24, 2.45) is 0 Å². The van der Waals surface area contributed by atoms with E-state index in [4.69, 9.17) is 0 Å². The zero-order valence-corrected chi connectivity index (χ0v) is 15.8. The largest absolute Gasteiger partial charge is 0.418 e. The van der Waals surface area contributed by atoms with Gasteiger partial charge in [-0.05, 0) is 53.9 Å². The SMILES string of the molecule is C[C@@H](NC(=O)c1cc(-c2ccccc2)cc(C(O)C(F)(F)F)c1)c1ccc(F)cn1. The van der Waals surface area contributed by atoms with Gasteiger partial charge in [-0.25, -0.2) is 4.39 Å². The molecule has 156 valence electrons. The van der Waals surface area contributed by atoms with Gasteiger partial charge in [-0.15, -0.1) is 0 Å². The molecule has 0 saturated heterocycles. The predicted molar refractivity (Wildman–Crippen MR) is 103 cm³/mol. The number of rotatable bonds is 5. The molecule has 3 rings (SSSR count). The maximum Gasteiger partial charge on any atom is 0.418 e. The highest BCUT2D eigenvalue weighted by Gasteiger charge is 2.39. The molecule has 2 N–H and O–H groups in total. The Kier molecular flexibility index (Phi) is 6.17. The van der Waals surface area contributed by atoms with Crippen LogP contribution in [0.2, 0.25) is 0 Å². The van der Waals surface area contributed by atoms with Gasteiger partial charge in [-0.3, -0.25) is 9.78 Å². The molecule has 3 aromatic rings. The van der Waals surface area contributed by atoms with Crippen LogP contribution in [0.25, 0.3) is 11.1 Å². The first-order chi connectivity index (χ1) is 14.1. The van der Waals surface area contributed by atoms with Crippen LogP contribution >= 0.6 is 0 Å². The number of hydrogen-bond donors (Lipinski definition) is 2. The molecule has 2 aromatic carbocycles. The standard InChI is InChI=1S/C22H18F4N2O2/c1-13(19-8-7-18(23)12-27-19)28-21(30)17-10-15(14-5-3-2-4-6-14)9-16(11-17)20(29)22(24,25)26/h2-13,20,29H,1H3,(H,28,30)/t13-,20?/m1/s1. The molecule has 4 nitrogen and oxygen atoms in total. The Morgan fingerprint density at radius 3 is 2.33 bits per heavy atom. The van der Waals surface area contributed by atoms with Gasteiger partial charge in [0.05, 0.1) is 17.9 Å². The van der Waals surface area contributed by atoms with Gasteiger partial charge >= 0.3 is 6.18 Å². The van der Waals surface area contributed by atoms with Crippen LogP contribution in [-0.2, 0) is 0 Å². The van der Waals surface area contributed by atoms with Gasteiger partial charge in [0.15, 0.2) is 6.10 Å². The third kappa shape index (κ3) is 5.01. The molecule has 0 aliphatic rings. The minimum atomic E-state index is -4.88. The monoisotopic (exact) mass is 418 g/mol. The molecule has 1 heterocycles. The highest BCUT2D eigenvalue weighted by Crippen LogP contribution is 2.35. The fourth-order valence-corrected chi connectivity index (χ4v) is 2.92. The number of aliphatic hydroxyl groups is 1. The summed E-state index contributed by atoms with van der Waals surface area (Å²) in [4.78, 5) is 16.6. The van der Waals surface area contributed by atoms with E-state index in [9.17, 15) is 27.5 Å². The van der Waals surface area contributed by atoms with Crippen molar-refractivity contribution in [1.82, 2.24) is 10.3 Å². The topological polar surface area (TPSA) is 62.2 Å². The third-order valence-electron chi connectivity index (χ3n) is 4.49. The highest BCUT2D eigenvalue weighted by molar-refractivity contribution is 5.96. The van der Waals surface area contributed by atoms with Crippen LogP contribution < -0.4 is 5.32 Å². The van der Waals surface area contributed by atoms with E-state index in [0.29, 0.717) is 16.8 Å². The van der Waals surface area contributed by atoms with Crippen molar-refractivity contribution >= 4 is 5.91 Å². The van der Waals surface area contributed by atoms with Crippen LogP contribution in [-0.4, -0.2) is 22.2 Å². The average molecular weight is 418 g/mol. The normalized spacial score (nSPS) is 13.5. The Morgan fingerprint density at radius 2 is 1.73 bits per heavy atom. The summed E-state index contributed by atoms with van der Waals surface area (Å²) in [5.74, 6) is -1.18. The summed E-state index contributed by atoms with van der Waals surface area (Å²) < 4.78 is 52.3. The molecule has 1 unspecified atom stereocenters. The number of nitrogens with zero attached hydrogens (tertiary/aromatic N) is 1. The van der Waals surface area contributed by atoms with Gasteiger partial charge in [-0.1, -0.05) is 30.3 Å². The van der Waals surface area contributed by atoms with Crippen LogP contribution in [0.5, 0.6) is 0 Å². The van der Waals surface area contributed by atoms with Crippen molar-refractivity contribution in [1.29, 1.82) is 0 Å². The van der Waals surface area contributed by atoms with E-state index >= 15 is 0 Å². The molecule has 0 bridgehead atoms. The maximum absolute atomic E-state index is 13.1. The fourth-order valence-electron chi connectivity index (χ4n) is 2.92. The average Bonchev–Trinajstić information content (AvgIpc) is 2.73. The molecule has 2 atom stereocenters. The number of alkyl halides is 3. The van der Waals surface area contributed by atoms with E-state index in [1.807, 2.05) is 0 Å². The number of nitrogens with one attached hydrogen (secondary N) is 1. The first-order valence-electron chi connectivity index (χ1n) is 9.02. The van der Waals surface area contributed by atoms with Crippen molar-refractivity contribution in [3.63, 3.8) is 0 Å². The Hall–Kier alpha value is -3.26. The number of amides is 1. The molecule has 0 aliphatic heterocycles. The molecule has 0 saturated carbocycles. The van der Waals surface area contributed by atoms with Crippen molar-refractivity contribution in [2.75, 3.05) is 0 Å². The van der Waals surface area contributed by atoms with Crippen LogP contribution in [0.4, 0.5) is 17.6 Å². The number of halogens is 4. The summed E-state index contributed by atoms with van der Waals surface area (Å²) in [5.41, 5.74) is 0.842. The lowest BCUT2D eigenvalue weighted by Gasteiger charge is -2.18. The van der Waals surface area contributed by atoms with Gasteiger partial charge in [0.1, 0.15) is 5.82 Å². The van der Waals surface area contributed by atoms with Crippen LogP contribution in [0.1, 0.15) is 40.7 Å². The first kappa shape index (κ1) is 21.4. The lowest BCUT2D eigenvalue weighted by Crippen LogP contribution is -2.28. The zero-order valence-electron chi connectivity index (χ0n) is 15.8. The first-order valence-corrected chi connectivity index (χ1v) is 9.02. The Morgan fingerprint density at radius 1 is 1.03 bits per heavy atom. The number of hydrogen-bond acceptors (Lipinski definition) is 3. The fraction of sp³-hybridized carbons (Fsp3) is 0.182. The molecule has 1 amide bonds. The third-order valence-corrected chi connectivity index (χ3v) is 4.49. The highest BCUT2D eigenvalue weighted by atomic mass is 19.4. The van der Waals surface area contributed by atoms with E-state index in [0.717, 1.165) is 12.3 Å². The number of aromatic nitrogens is 1. The van der Waals surface area contributed by atoms with Gasteiger partial charge in [-0.2, -0.15) is 13.2 Å². The second-order valence-corrected chi connectivity index (χ2v) is 6.75. The number of pyridine rings is 1. The molecule has 0 radical (unpaired) electrons. The van der Waals surface area contributed by atoms with E-state index in [2.05, 4.69) is 10.3 Å². The Labute approximate surface area is 170 Å². The van der Waals surface area contributed by atoms with Crippen molar-refractivity contribution in [2.45, 2.75) is 25.2 Å². The van der Waals surface area contributed by atoms with Crippen molar-refractivity contribution in [3.05, 3.63) is 89.5 Å². The lowest BCUT2D eigenvalue weighted by atomic mass is 9.96. The number of carbonyl (C=O) groups is 1. The maximum atomic E-state index is 13.1. The summed E-state index contributed by atoms with van der Waals surface area (Å²) in [5, 5.41) is 12.3. The van der Waals surface area contributed by atoms with Gasteiger partial charge in [0.25, 0.3) is 5.91 Å². The van der Waals surface area contributed by atoms with E-state index in [1.54, 1.807) is 37.3 Å². The summed E-state index contributed by atoms with van der Waals surface area (Å²) in [7, 11) is 0. The minimum Gasteiger partial charge on any atom is -0.379 e. The van der Waals surface area contributed by atoms with Crippen molar-refractivity contribution < 1.29 is 27.5 Å². The number of benzene rings is 2. The summed E-state index contributed by atoms with van der Waals surface area (Å²) in [6.07, 6.45) is -6.61. The molecular weight excluding hydrogens is 400 g/mol. The second-order valence-electron chi connectivity index (χ2n) is 6.75. The molecule has 0 aliphatic carbocycles. The Bertz CT molecular complexity index is 1020. The number of aliphatic hydroxyl groups excluding tert-OH is 1. The quantitative estimate of drug-likeness (QED) is 0.575. The van der Waals surface area contributed by atoms with Gasteiger partial charge in [0, 0.05) is 5.56 Å². The predicted octanol–water partition coefficient (Wildman–Crippen LogP) is 4.97. The van der Waals surface area contributed by atoms with Crippen LogP contribution in [0.15, 0.2) is 66.9 Å². The molecular formula is C22H18F4N2O2. The Balaban J connectivity index is 1.96. The molecule has 8 heteroatoms. The molecule has 30 heavy (non-hydrogen) atoms. The van der Waals surface area contributed by atoms with Gasteiger partial charge < -0.3 is 10.4 Å². The summed E-state index contributed by atoms with van der Waals surface area (Å²) >= 11 is 0. The molecule has 1 aromatic heterocycles. The van der Waals surface area contributed by atoms with E-state index in [1.165, 1.54) is 24.3 Å². The molecule has 0 spiro atoms. The summed E-state index contributed by atoms with van der Waals surface area (Å²) in [6.45, 7) is 1.62. The smallest absolute Gasteiger partial charge is 0.379 e. The van der Waals surface area contributed by atoms with Gasteiger partial charge in [0.2, 0.25) is 0 Å². The summed E-state index contributed by atoms with van der Waals surface area (Å²) in [6, 6.07) is 14.2. The number of carbonyl (C=O) groups excluding carboxylic acids is 1.